The van der Waals surface area contributed by atoms with E-state index in [1.165, 1.54) is 35.1 Å². The molecule has 0 aliphatic carbocycles. The third-order valence-corrected chi connectivity index (χ3v) is 10.8. The first-order valence-electron chi connectivity index (χ1n) is 15.5. The molecular weight excluding hydrogens is 842 g/mol. The molecule has 0 bridgehead atoms. The molecule has 1 unspecified atom stereocenters. The fourth-order valence-electron chi connectivity index (χ4n) is 5.12. The monoisotopic (exact) mass is 860 g/mol. The van der Waals surface area contributed by atoms with Gasteiger partial charge >= 0.3 is 0 Å². The van der Waals surface area contributed by atoms with Crippen molar-refractivity contribution in [1.82, 2.24) is 24.8 Å². The highest BCUT2D eigenvalue weighted by Gasteiger charge is 2.27. The SMILES string of the molecule is NC(=O)C(c1ccc(Sc2ccc(F)cc2F)nn1)c1c(Cl)cccc1Cl.O=c1ncn2nc(Sc3ccc(F)cc3F)ccc2c1-c1c(Cl)cccc1Cl. The van der Waals surface area contributed by atoms with Crippen LogP contribution in [-0.4, -0.2) is 30.7 Å². The van der Waals surface area contributed by atoms with Crippen LogP contribution in [0.15, 0.2) is 128 Å². The predicted molar refractivity (Wildman–Crippen MR) is 205 cm³/mol. The van der Waals surface area contributed by atoms with E-state index in [9.17, 15) is 27.2 Å². The molecule has 18 heteroatoms. The van der Waals surface area contributed by atoms with Crippen molar-refractivity contribution in [3.63, 3.8) is 0 Å². The number of hydrogen-bond acceptors (Lipinski definition) is 8. The van der Waals surface area contributed by atoms with Gasteiger partial charge in [0, 0.05) is 43.1 Å². The van der Waals surface area contributed by atoms with Gasteiger partial charge in [0.25, 0.3) is 5.56 Å². The van der Waals surface area contributed by atoms with Gasteiger partial charge in [-0.25, -0.2) is 22.1 Å². The molecule has 0 radical (unpaired) electrons. The molecule has 0 saturated carbocycles. The van der Waals surface area contributed by atoms with E-state index in [1.54, 1.807) is 54.6 Å². The molecule has 2 N–H and O–H groups in total. The average Bonchev–Trinajstić information content (AvgIpc) is 3.14. The Morgan fingerprint density at radius 1 is 0.673 bits per heavy atom. The van der Waals surface area contributed by atoms with Crippen molar-refractivity contribution in [2.24, 2.45) is 5.73 Å². The molecular formula is C37H20Cl4F4N6O2S2. The molecule has 1 atom stereocenters. The Morgan fingerprint density at radius 2 is 1.22 bits per heavy atom. The van der Waals surface area contributed by atoms with Crippen molar-refractivity contribution in [2.45, 2.75) is 25.8 Å². The molecule has 4 aromatic carbocycles. The number of primary amides is 1. The molecule has 0 aliphatic heterocycles. The Morgan fingerprint density at radius 3 is 1.75 bits per heavy atom. The average molecular weight is 863 g/mol. The molecule has 278 valence electrons. The predicted octanol–water partition coefficient (Wildman–Crippen LogP) is 10.3. The van der Waals surface area contributed by atoms with Crippen LogP contribution in [0.2, 0.25) is 20.1 Å². The normalized spacial score (nSPS) is 11.6. The summed E-state index contributed by atoms with van der Waals surface area (Å²) in [6, 6.07) is 22.7. The van der Waals surface area contributed by atoms with Crippen LogP contribution >= 0.6 is 69.9 Å². The highest BCUT2D eigenvalue weighted by Crippen LogP contribution is 2.37. The number of amides is 1. The molecule has 0 saturated heterocycles. The molecule has 3 aromatic heterocycles. The minimum Gasteiger partial charge on any atom is -0.369 e. The van der Waals surface area contributed by atoms with Crippen molar-refractivity contribution in [3.8, 4) is 11.1 Å². The number of carbonyl (C=O) groups excluding carboxylic acids is 1. The second-order valence-corrected chi connectivity index (χ2v) is 14.9. The van der Waals surface area contributed by atoms with Gasteiger partial charge < -0.3 is 5.73 Å². The molecule has 0 spiro atoms. The maximum absolute atomic E-state index is 13.9. The highest BCUT2D eigenvalue weighted by molar-refractivity contribution is 7.99. The van der Waals surface area contributed by atoms with Crippen LogP contribution in [0, 0.1) is 23.3 Å². The van der Waals surface area contributed by atoms with Gasteiger partial charge in [-0.05, 0) is 72.8 Å². The number of carbonyl (C=O) groups is 1. The maximum Gasteiger partial charge on any atom is 0.281 e. The number of benzene rings is 4. The Bertz CT molecular complexity index is 2600. The number of aromatic nitrogens is 5. The number of fused-ring (bicyclic) bond motifs is 1. The van der Waals surface area contributed by atoms with Gasteiger partial charge in [0.2, 0.25) is 5.91 Å². The first-order chi connectivity index (χ1) is 26.3. The second-order valence-electron chi connectivity index (χ2n) is 11.1. The highest BCUT2D eigenvalue weighted by atomic mass is 35.5. The second kappa shape index (κ2) is 17.4. The van der Waals surface area contributed by atoms with Gasteiger partial charge in [0.1, 0.15) is 45.6 Å². The topological polar surface area (TPSA) is 116 Å². The molecule has 7 rings (SSSR count). The summed E-state index contributed by atoms with van der Waals surface area (Å²) in [5, 5.41) is 14.3. The summed E-state index contributed by atoms with van der Waals surface area (Å²) in [4.78, 5) is 28.7. The number of nitrogens with zero attached hydrogens (tertiary/aromatic N) is 5. The first kappa shape index (κ1) is 40.0. The van der Waals surface area contributed by atoms with Crippen molar-refractivity contribution >= 4 is 81.4 Å². The Balaban J connectivity index is 0.000000187. The summed E-state index contributed by atoms with van der Waals surface area (Å²) in [5.41, 5.74) is 6.64. The van der Waals surface area contributed by atoms with Crippen LogP contribution < -0.4 is 11.3 Å². The summed E-state index contributed by atoms with van der Waals surface area (Å²) >= 11 is 26.8. The molecule has 0 fully saturated rings. The van der Waals surface area contributed by atoms with E-state index in [-0.39, 0.29) is 31.1 Å². The van der Waals surface area contributed by atoms with Crippen LogP contribution in [0.4, 0.5) is 17.6 Å². The standard InChI is InChI=1S/C19H9Cl2F2N3OS.C18H11Cl2F2N3OS/c20-11-2-1-3-12(21)17(11)18-14-5-7-16(25-26(14)9-24-19(18)27)28-15-6-4-10(22)8-13(15)23;19-10-2-1-3-11(20)16(10)17(18(23)26)13-5-7-15(25-24-13)27-14-6-4-9(21)8-12(14)22/h1-9H;1-8,17H,(H2,23,26). The fourth-order valence-corrected chi connectivity index (χ4v) is 7.84. The summed E-state index contributed by atoms with van der Waals surface area (Å²) in [6.45, 7) is 0. The summed E-state index contributed by atoms with van der Waals surface area (Å²) in [5.74, 6) is -4.39. The zero-order valence-electron chi connectivity index (χ0n) is 27.4. The van der Waals surface area contributed by atoms with E-state index in [0.717, 1.165) is 41.7 Å². The van der Waals surface area contributed by atoms with Gasteiger partial charge in [0.05, 0.1) is 26.8 Å². The van der Waals surface area contributed by atoms with Crippen molar-refractivity contribution in [1.29, 1.82) is 0 Å². The molecule has 3 heterocycles. The van der Waals surface area contributed by atoms with Crippen LogP contribution in [0.3, 0.4) is 0 Å². The largest absolute Gasteiger partial charge is 0.369 e. The minimum absolute atomic E-state index is 0.194. The summed E-state index contributed by atoms with van der Waals surface area (Å²) < 4.78 is 55.1. The number of hydrogen-bond donors (Lipinski definition) is 1. The van der Waals surface area contributed by atoms with Gasteiger partial charge in [-0.15, -0.1) is 5.10 Å². The summed E-state index contributed by atoms with van der Waals surface area (Å²) in [7, 11) is 0. The van der Waals surface area contributed by atoms with Gasteiger partial charge in [-0.2, -0.15) is 15.2 Å². The van der Waals surface area contributed by atoms with E-state index in [2.05, 4.69) is 20.3 Å². The van der Waals surface area contributed by atoms with Crippen LogP contribution in [0.25, 0.3) is 16.6 Å². The smallest absolute Gasteiger partial charge is 0.281 e. The third kappa shape index (κ3) is 9.23. The van der Waals surface area contributed by atoms with E-state index in [4.69, 9.17) is 52.1 Å². The molecule has 0 aliphatic rings. The zero-order valence-corrected chi connectivity index (χ0v) is 32.0. The number of halogens is 8. The van der Waals surface area contributed by atoms with Gasteiger partial charge in [-0.3, -0.25) is 9.59 Å². The van der Waals surface area contributed by atoms with Crippen LogP contribution in [0.1, 0.15) is 17.2 Å². The van der Waals surface area contributed by atoms with E-state index in [0.29, 0.717) is 36.7 Å². The summed E-state index contributed by atoms with van der Waals surface area (Å²) in [6.07, 6.45) is 1.26. The van der Waals surface area contributed by atoms with E-state index >= 15 is 0 Å². The van der Waals surface area contributed by atoms with E-state index in [1.807, 2.05) is 0 Å². The number of rotatable bonds is 8. The third-order valence-electron chi connectivity index (χ3n) is 7.55. The quantitative estimate of drug-likeness (QED) is 0.150. The lowest BCUT2D eigenvalue weighted by molar-refractivity contribution is -0.118. The lowest BCUT2D eigenvalue weighted by Crippen LogP contribution is -2.24. The zero-order chi connectivity index (χ0) is 39.4. The fraction of sp³-hybridized carbons (Fsp3) is 0.0270. The minimum atomic E-state index is -0.986. The van der Waals surface area contributed by atoms with Crippen molar-refractivity contribution < 1.29 is 22.4 Å². The molecule has 8 nitrogen and oxygen atoms in total. The van der Waals surface area contributed by atoms with Gasteiger partial charge in [0.15, 0.2) is 0 Å². The van der Waals surface area contributed by atoms with Crippen molar-refractivity contribution in [3.05, 3.63) is 168 Å². The van der Waals surface area contributed by atoms with Gasteiger partial charge in [-0.1, -0.05) is 82.1 Å². The Kier molecular flexibility index (Phi) is 12.6. The van der Waals surface area contributed by atoms with E-state index < -0.39 is 40.7 Å². The van der Waals surface area contributed by atoms with Crippen LogP contribution in [0.5, 0.6) is 0 Å². The number of nitrogens with two attached hydrogens (primary N) is 1. The Hall–Kier alpha value is -4.70. The maximum atomic E-state index is 13.9. The molecule has 7 aromatic rings. The first-order valence-corrected chi connectivity index (χ1v) is 18.6. The Labute approximate surface area is 337 Å². The molecule has 55 heavy (non-hydrogen) atoms. The van der Waals surface area contributed by atoms with Crippen molar-refractivity contribution in [2.75, 3.05) is 0 Å². The lowest BCUT2D eigenvalue weighted by atomic mass is 9.94. The lowest BCUT2D eigenvalue weighted by Gasteiger charge is -2.16. The molecule has 1 amide bonds. The van der Waals surface area contributed by atoms with Crippen LogP contribution in [-0.2, 0) is 4.79 Å².